The van der Waals surface area contributed by atoms with Gasteiger partial charge in [0.25, 0.3) is 5.76 Å². The van der Waals surface area contributed by atoms with E-state index >= 15 is 0 Å². The van der Waals surface area contributed by atoms with Gasteiger partial charge in [0, 0.05) is 17.6 Å². The average Bonchev–Trinajstić information content (AvgIpc) is 2.72. The van der Waals surface area contributed by atoms with Crippen molar-refractivity contribution in [1.29, 1.82) is 0 Å². The number of aromatic nitrogens is 2. The molecule has 0 saturated carbocycles. The van der Waals surface area contributed by atoms with E-state index in [1.165, 1.54) is 0 Å². The average molecular weight is 332 g/mol. The molecule has 3 nitrogen and oxygen atoms in total. The van der Waals surface area contributed by atoms with E-state index in [-0.39, 0.29) is 0 Å². The smallest absolute Gasteiger partial charge is 0.288 e. The van der Waals surface area contributed by atoms with Crippen LogP contribution >= 0.6 is 23.4 Å². The van der Waals surface area contributed by atoms with Gasteiger partial charge in [0.1, 0.15) is 0 Å². The van der Waals surface area contributed by atoms with Gasteiger partial charge in [-0.05, 0) is 18.6 Å². The first-order valence-corrected chi connectivity index (χ1v) is 7.76. The Morgan fingerprint density at radius 1 is 1.38 bits per heavy atom. The van der Waals surface area contributed by atoms with E-state index in [0.717, 1.165) is 17.8 Å². The monoisotopic (exact) mass is 331 g/mol. The molecule has 1 N–H and O–H groups in total. The molecule has 0 aliphatic heterocycles. The summed E-state index contributed by atoms with van der Waals surface area (Å²) in [5.74, 6) is -2.44. The number of para-hydroxylation sites is 1. The maximum atomic E-state index is 12.5. The third-order valence-electron chi connectivity index (χ3n) is 3.05. The van der Waals surface area contributed by atoms with Crippen LogP contribution in [0, 0.1) is 0 Å². The Kier molecular flexibility index (Phi) is 5.47. The lowest BCUT2D eigenvalue weighted by Gasteiger charge is -2.11. The highest BCUT2D eigenvalue weighted by molar-refractivity contribution is 7.99. The molecule has 2 rings (SSSR count). The Morgan fingerprint density at radius 3 is 2.71 bits per heavy atom. The molecule has 1 aromatic heterocycles. The van der Waals surface area contributed by atoms with Gasteiger partial charge in [-0.3, -0.25) is 4.68 Å². The predicted octanol–water partition coefficient (Wildman–Crippen LogP) is 4.56. The molecule has 21 heavy (non-hydrogen) atoms. The quantitative estimate of drug-likeness (QED) is 0.787. The van der Waals surface area contributed by atoms with Crippen LogP contribution in [0.1, 0.15) is 18.3 Å². The summed E-state index contributed by atoms with van der Waals surface area (Å²) in [6.07, 6.45) is 0.754. The summed E-state index contributed by atoms with van der Waals surface area (Å²) in [4.78, 5) is 0.515. The minimum Gasteiger partial charge on any atom is -0.378 e. The second-order valence-corrected chi connectivity index (χ2v) is 5.82. The number of hydrogen-bond acceptors (Lipinski definition) is 3. The van der Waals surface area contributed by atoms with E-state index in [9.17, 15) is 8.78 Å². The van der Waals surface area contributed by atoms with Crippen molar-refractivity contribution in [3.05, 3.63) is 40.7 Å². The summed E-state index contributed by atoms with van der Waals surface area (Å²) in [7, 11) is 1.82. The molecule has 2 aromatic rings. The molecule has 1 heterocycles. The van der Waals surface area contributed by atoms with Crippen LogP contribution in [-0.4, -0.2) is 15.5 Å². The first-order chi connectivity index (χ1) is 10.0. The fraction of sp³-hybridized carbons (Fsp3) is 0.357. The highest BCUT2D eigenvalue weighted by Crippen LogP contribution is 2.32. The lowest BCUT2D eigenvalue weighted by atomic mass is 10.3. The minimum atomic E-state index is -2.44. The van der Waals surface area contributed by atoms with Crippen LogP contribution in [-0.2, 0) is 20.0 Å². The summed E-state index contributed by atoms with van der Waals surface area (Å²) in [6, 6.07) is 6.99. The molecule has 0 bridgehead atoms. The van der Waals surface area contributed by atoms with E-state index in [2.05, 4.69) is 10.4 Å². The number of hydrogen-bond donors (Lipinski definition) is 1. The largest absolute Gasteiger partial charge is 0.378 e. The topological polar surface area (TPSA) is 29.9 Å². The molecule has 0 radical (unpaired) electrons. The normalized spacial score (nSPS) is 11.1. The van der Waals surface area contributed by atoms with Gasteiger partial charge in [0.2, 0.25) is 0 Å². The summed E-state index contributed by atoms with van der Waals surface area (Å²) in [6.45, 7) is 2.42. The Labute approximate surface area is 131 Å². The van der Waals surface area contributed by atoms with Crippen molar-refractivity contribution >= 4 is 29.1 Å². The number of nitrogens with zero attached hydrogens (tertiary/aromatic N) is 2. The highest BCUT2D eigenvalue weighted by atomic mass is 35.5. The van der Waals surface area contributed by atoms with Crippen LogP contribution < -0.4 is 5.32 Å². The van der Waals surface area contributed by atoms with Gasteiger partial charge in [-0.1, -0.05) is 42.4 Å². The summed E-state index contributed by atoms with van der Waals surface area (Å²) in [5, 5.41) is 8.12. The lowest BCUT2D eigenvalue weighted by Crippen LogP contribution is -2.06. The molecule has 0 aliphatic rings. The summed E-state index contributed by atoms with van der Waals surface area (Å²) in [5.41, 5.74) is 2.34. The molecule has 0 fully saturated rings. The molecule has 0 atom stereocenters. The predicted molar refractivity (Wildman–Crippen MR) is 83.2 cm³/mol. The van der Waals surface area contributed by atoms with Crippen molar-refractivity contribution in [2.75, 3.05) is 5.32 Å². The van der Waals surface area contributed by atoms with E-state index < -0.39 is 5.76 Å². The van der Waals surface area contributed by atoms with Crippen LogP contribution in [0.15, 0.2) is 29.2 Å². The van der Waals surface area contributed by atoms with Crippen molar-refractivity contribution in [2.24, 2.45) is 7.05 Å². The number of halogens is 3. The standard InChI is InChI=1S/C14H16ClF2N3S/c1-3-9-13(15)11(20(2)19-9)8-18-10-6-4-5-7-12(10)21-14(16)17/h4-7,14,18H,3,8H2,1-2H3. The van der Waals surface area contributed by atoms with Crippen molar-refractivity contribution in [1.82, 2.24) is 9.78 Å². The number of thioether (sulfide) groups is 1. The molecule has 114 valence electrons. The zero-order valence-corrected chi connectivity index (χ0v) is 13.3. The molecule has 0 saturated heterocycles. The fourth-order valence-electron chi connectivity index (χ4n) is 2.00. The van der Waals surface area contributed by atoms with Crippen molar-refractivity contribution < 1.29 is 8.78 Å². The molecule has 0 aliphatic carbocycles. The van der Waals surface area contributed by atoms with Crippen LogP contribution in [0.4, 0.5) is 14.5 Å². The molecule has 1 aromatic carbocycles. The van der Waals surface area contributed by atoms with E-state index in [1.54, 1.807) is 28.9 Å². The first kappa shape index (κ1) is 16.1. The Bertz CT molecular complexity index is 616. The maximum Gasteiger partial charge on any atom is 0.288 e. The van der Waals surface area contributed by atoms with Gasteiger partial charge in [-0.15, -0.1) is 0 Å². The number of benzene rings is 1. The number of anilines is 1. The van der Waals surface area contributed by atoms with Crippen molar-refractivity contribution in [3.8, 4) is 0 Å². The second-order valence-electron chi connectivity index (χ2n) is 4.41. The molecular formula is C14H16ClF2N3S. The highest BCUT2D eigenvalue weighted by Gasteiger charge is 2.14. The van der Waals surface area contributed by atoms with Gasteiger partial charge in [0.15, 0.2) is 0 Å². The number of nitrogens with one attached hydrogen (secondary N) is 1. The van der Waals surface area contributed by atoms with Crippen LogP contribution in [0.2, 0.25) is 5.02 Å². The zero-order valence-electron chi connectivity index (χ0n) is 11.7. The van der Waals surface area contributed by atoms with Crippen LogP contribution in [0.25, 0.3) is 0 Å². The molecule has 0 unspecified atom stereocenters. The minimum absolute atomic E-state index is 0.434. The maximum absolute atomic E-state index is 12.5. The Morgan fingerprint density at radius 2 is 2.10 bits per heavy atom. The summed E-state index contributed by atoms with van der Waals surface area (Å²) >= 11 is 6.80. The van der Waals surface area contributed by atoms with Gasteiger partial charge >= 0.3 is 0 Å². The third-order valence-corrected chi connectivity index (χ3v) is 4.28. The van der Waals surface area contributed by atoms with Gasteiger partial charge in [-0.2, -0.15) is 13.9 Å². The van der Waals surface area contributed by atoms with Crippen molar-refractivity contribution in [3.63, 3.8) is 0 Å². The zero-order chi connectivity index (χ0) is 15.4. The third kappa shape index (κ3) is 3.89. The van der Waals surface area contributed by atoms with E-state index in [1.807, 2.05) is 14.0 Å². The molecule has 0 spiro atoms. The van der Waals surface area contributed by atoms with Crippen LogP contribution in [0.5, 0.6) is 0 Å². The van der Waals surface area contributed by atoms with Gasteiger partial charge < -0.3 is 5.32 Å². The molecular weight excluding hydrogens is 316 g/mol. The van der Waals surface area contributed by atoms with Gasteiger partial charge in [0.05, 0.1) is 23.0 Å². The van der Waals surface area contributed by atoms with Crippen LogP contribution in [0.3, 0.4) is 0 Å². The lowest BCUT2D eigenvalue weighted by molar-refractivity contribution is 0.252. The van der Waals surface area contributed by atoms with Crippen molar-refractivity contribution in [2.45, 2.75) is 30.5 Å². The summed E-state index contributed by atoms with van der Waals surface area (Å²) < 4.78 is 26.8. The van der Waals surface area contributed by atoms with Gasteiger partial charge in [-0.25, -0.2) is 0 Å². The Balaban J connectivity index is 2.15. The second kappa shape index (κ2) is 7.13. The van der Waals surface area contributed by atoms with E-state index in [4.69, 9.17) is 11.6 Å². The number of alkyl halides is 2. The van der Waals surface area contributed by atoms with E-state index in [0.29, 0.717) is 33.9 Å². The molecule has 0 amide bonds. The Hall–Kier alpha value is -1.27. The fourth-order valence-corrected chi connectivity index (χ4v) is 2.98. The number of aryl methyl sites for hydroxylation is 2. The first-order valence-electron chi connectivity index (χ1n) is 6.50. The SMILES string of the molecule is CCc1nn(C)c(CNc2ccccc2SC(F)F)c1Cl. The molecule has 7 heteroatoms. The number of rotatable bonds is 6.